The van der Waals surface area contributed by atoms with Crippen LogP contribution in [0.25, 0.3) is 0 Å². The van der Waals surface area contributed by atoms with Crippen LogP contribution in [-0.4, -0.2) is 16.2 Å². The minimum absolute atomic E-state index is 0.00238. The maximum Gasteiger partial charge on any atom is 0.338 e. The standard InChI is InChI=1S/C7H2I4O5/c8-2-1(7(13)14)3(9)5(15-10)6(16-11)4(2)12/h12H,(H,13,14). The van der Waals surface area contributed by atoms with Crippen LogP contribution < -0.4 is 6.13 Å². The summed E-state index contributed by atoms with van der Waals surface area (Å²) < 4.78 is 10.6. The summed E-state index contributed by atoms with van der Waals surface area (Å²) in [5.74, 6) is -1.04. The average molecular weight is 674 g/mol. The molecule has 0 saturated heterocycles. The van der Waals surface area contributed by atoms with Gasteiger partial charge in [-0.2, -0.15) is 0 Å². The van der Waals surface area contributed by atoms with Gasteiger partial charge >= 0.3 is 5.97 Å². The Labute approximate surface area is 146 Å². The molecular formula is C7H2I4O5. The molecule has 5 nitrogen and oxygen atoms in total. The fourth-order valence-electron chi connectivity index (χ4n) is 0.963. The first-order chi connectivity index (χ1) is 7.45. The topological polar surface area (TPSA) is 76.0 Å². The lowest BCUT2D eigenvalue weighted by Gasteiger charge is -2.13. The van der Waals surface area contributed by atoms with Crippen LogP contribution >= 0.6 is 91.2 Å². The highest BCUT2D eigenvalue weighted by Gasteiger charge is 2.27. The third-order valence-corrected chi connectivity index (χ3v) is 4.60. The summed E-state index contributed by atoms with van der Waals surface area (Å²) in [6.45, 7) is 0. The van der Waals surface area contributed by atoms with Crippen molar-refractivity contribution in [3.05, 3.63) is 12.7 Å². The van der Waals surface area contributed by atoms with Crippen LogP contribution in [0.15, 0.2) is 0 Å². The molecule has 0 heterocycles. The van der Waals surface area contributed by atoms with Crippen molar-refractivity contribution in [2.45, 2.75) is 0 Å². The van der Waals surface area contributed by atoms with E-state index in [9.17, 15) is 9.90 Å². The lowest BCUT2D eigenvalue weighted by Crippen LogP contribution is -2.05. The van der Waals surface area contributed by atoms with Crippen LogP contribution in [0.1, 0.15) is 10.4 Å². The lowest BCUT2D eigenvalue weighted by molar-refractivity contribution is 0.0693. The first-order valence-corrected chi connectivity index (χ1v) is 7.42. The summed E-state index contributed by atoms with van der Waals surface area (Å²) in [7, 11) is 0. The van der Waals surface area contributed by atoms with Crippen molar-refractivity contribution in [2.75, 3.05) is 0 Å². The highest BCUT2D eigenvalue weighted by Crippen LogP contribution is 2.47. The van der Waals surface area contributed by atoms with E-state index < -0.39 is 5.97 Å². The Hall–Kier alpha value is 1.01. The number of phenolic OH excluding ortho intramolecular Hbond substituents is 1. The molecule has 0 atom stereocenters. The number of phenols is 1. The van der Waals surface area contributed by atoms with Crippen molar-refractivity contribution in [2.24, 2.45) is 0 Å². The zero-order valence-electron chi connectivity index (χ0n) is 7.13. The molecule has 1 rings (SSSR count). The maximum atomic E-state index is 11.0. The molecule has 88 valence electrons. The van der Waals surface area contributed by atoms with E-state index in [1.165, 1.54) is 0 Å². The summed E-state index contributed by atoms with van der Waals surface area (Å²) in [4.78, 5) is 11.0. The minimum atomic E-state index is -1.13. The molecule has 0 saturated carbocycles. The Morgan fingerprint density at radius 1 is 1.06 bits per heavy atom. The third kappa shape index (κ3) is 2.70. The van der Waals surface area contributed by atoms with Crippen molar-refractivity contribution in [1.29, 1.82) is 0 Å². The van der Waals surface area contributed by atoms with Gasteiger partial charge in [-0.15, -0.1) is 0 Å². The van der Waals surface area contributed by atoms with Gasteiger partial charge in [-0.05, 0) is 45.2 Å². The van der Waals surface area contributed by atoms with Crippen molar-refractivity contribution in [1.82, 2.24) is 0 Å². The summed E-state index contributed by atoms with van der Waals surface area (Å²) in [6, 6.07) is 0. The number of carboxylic acids is 1. The van der Waals surface area contributed by atoms with Gasteiger partial charge < -0.3 is 16.3 Å². The predicted molar refractivity (Wildman–Crippen MR) is 89.8 cm³/mol. The molecule has 0 fully saturated rings. The van der Waals surface area contributed by atoms with E-state index in [2.05, 4.69) is 0 Å². The largest absolute Gasteiger partial charge is 0.503 e. The number of aromatic hydroxyl groups is 1. The van der Waals surface area contributed by atoms with E-state index in [1.807, 2.05) is 22.6 Å². The fraction of sp³-hybridized carbons (Fsp3) is 0. The maximum absolute atomic E-state index is 11.0. The number of carbonyl (C=O) groups is 1. The minimum Gasteiger partial charge on any atom is -0.503 e. The molecule has 0 unspecified atom stereocenters. The van der Waals surface area contributed by atoms with E-state index >= 15 is 0 Å². The third-order valence-electron chi connectivity index (χ3n) is 1.64. The average Bonchev–Trinajstić information content (AvgIpc) is 2.22. The molecule has 1 aromatic carbocycles. The molecule has 9 heteroatoms. The summed E-state index contributed by atoms with van der Waals surface area (Å²) >= 11 is 6.78. The number of hydrogen-bond donors (Lipinski definition) is 2. The van der Waals surface area contributed by atoms with Gasteiger partial charge in [0.15, 0.2) is 57.5 Å². The van der Waals surface area contributed by atoms with Crippen molar-refractivity contribution in [3.8, 4) is 17.2 Å². The molecule has 2 N–H and O–H groups in total. The molecule has 0 aromatic heterocycles. The van der Waals surface area contributed by atoms with Gasteiger partial charge in [0.1, 0.15) is 0 Å². The lowest BCUT2D eigenvalue weighted by atomic mass is 10.2. The van der Waals surface area contributed by atoms with Crippen LogP contribution in [-0.2, 0) is 0 Å². The van der Waals surface area contributed by atoms with E-state index in [0.717, 1.165) is 0 Å². The number of benzene rings is 1. The van der Waals surface area contributed by atoms with Gasteiger partial charge in [0.2, 0.25) is 5.75 Å². The second kappa shape index (κ2) is 6.26. The highest BCUT2D eigenvalue weighted by molar-refractivity contribution is 14.1. The summed E-state index contributed by atoms with van der Waals surface area (Å²) in [5, 5.41) is 18.8. The molecule has 0 aliphatic rings. The normalized spacial score (nSPS) is 10.0. The van der Waals surface area contributed by atoms with Gasteiger partial charge in [0.05, 0.1) is 12.7 Å². The van der Waals surface area contributed by atoms with E-state index in [4.69, 9.17) is 11.2 Å². The Kier molecular flexibility index (Phi) is 5.89. The Morgan fingerprint density at radius 3 is 1.94 bits per heavy atom. The number of rotatable bonds is 3. The Bertz CT molecular complexity index is 447. The molecular weight excluding hydrogens is 672 g/mol. The quantitative estimate of drug-likeness (QED) is 0.479. The van der Waals surface area contributed by atoms with Gasteiger partial charge in [-0.3, -0.25) is 0 Å². The van der Waals surface area contributed by atoms with Crippen molar-refractivity contribution >= 4 is 97.2 Å². The molecule has 0 radical (unpaired) electrons. The number of aromatic carboxylic acids is 1. The Morgan fingerprint density at radius 2 is 1.56 bits per heavy atom. The van der Waals surface area contributed by atoms with E-state index in [-0.39, 0.29) is 26.4 Å². The number of carboxylic acid groups (broad SMARTS) is 1. The second-order valence-electron chi connectivity index (χ2n) is 2.47. The first-order valence-electron chi connectivity index (χ1n) is 3.50. The molecule has 0 spiro atoms. The second-order valence-corrected chi connectivity index (χ2v) is 5.51. The van der Waals surface area contributed by atoms with Gasteiger partial charge in [0, 0.05) is 0 Å². The zero-order valence-corrected chi connectivity index (χ0v) is 15.8. The molecule has 1 aromatic rings. The van der Waals surface area contributed by atoms with E-state index in [0.29, 0.717) is 3.57 Å². The van der Waals surface area contributed by atoms with Crippen LogP contribution in [0.5, 0.6) is 17.2 Å². The molecule has 0 amide bonds. The molecule has 0 aliphatic carbocycles. The van der Waals surface area contributed by atoms with E-state index in [1.54, 1.807) is 68.6 Å². The van der Waals surface area contributed by atoms with Crippen LogP contribution in [0.2, 0.25) is 0 Å². The number of halogens is 4. The van der Waals surface area contributed by atoms with Crippen LogP contribution in [0.4, 0.5) is 0 Å². The smallest absolute Gasteiger partial charge is 0.338 e. The first kappa shape index (κ1) is 15.1. The van der Waals surface area contributed by atoms with Gasteiger partial charge in [0.25, 0.3) is 0 Å². The van der Waals surface area contributed by atoms with Crippen LogP contribution in [0.3, 0.4) is 0 Å². The predicted octanol–water partition coefficient (Wildman–Crippen LogP) is 3.76. The summed E-state index contributed by atoms with van der Waals surface area (Å²) in [6.07, 6.45) is 0. The van der Waals surface area contributed by atoms with Crippen molar-refractivity contribution < 1.29 is 21.1 Å². The monoisotopic (exact) mass is 674 g/mol. The summed E-state index contributed by atoms with van der Waals surface area (Å²) in [5.41, 5.74) is 0.00238. The molecule has 0 aliphatic heterocycles. The SMILES string of the molecule is O=C(O)c1c(I)c(O)c(OI)c(OI)c1I. The van der Waals surface area contributed by atoms with Gasteiger partial charge in [-0.25, -0.2) is 4.79 Å². The molecule has 16 heavy (non-hydrogen) atoms. The van der Waals surface area contributed by atoms with Gasteiger partial charge in [-0.1, -0.05) is 0 Å². The Balaban J connectivity index is 3.69. The molecule has 0 bridgehead atoms. The van der Waals surface area contributed by atoms with Crippen LogP contribution in [0, 0.1) is 7.14 Å². The van der Waals surface area contributed by atoms with Crippen molar-refractivity contribution in [3.63, 3.8) is 0 Å². The number of hydrogen-bond acceptors (Lipinski definition) is 4. The zero-order chi connectivity index (χ0) is 12.5. The highest BCUT2D eigenvalue weighted by atomic mass is 127. The fourth-order valence-corrected chi connectivity index (χ4v) is 4.33.